The van der Waals surface area contributed by atoms with Gasteiger partial charge in [-0.05, 0) is 19.1 Å². The summed E-state index contributed by atoms with van der Waals surface area (Å²) < 4.78 is 5.33. The number of benzene rings is 1. The van der Waals surface area contributed by atoms with E-state index in [9.17, 15) is 0 Å². The first kappa shape index (κ1) is 9.00. The normalized spacial score (nSPS) is 9.42. The highest BCUT2D eigenvalue weighted by Gasteiger charge is 2.03. The third kappa shape index (κ3) is 1.95. The van der Waals surface area contributed by atoms with Gasteiger partial charge in [0.2, 0.25) is 0 Å². The maximum Gasteiger partial charge on any atom is 0.129 e. The molecule has 64 valence electrons. The third-order valence-electron chi connectivity index (χ3n) is 1.45. The van der Waals surface area contributed by atoms with Gasteiger partial charge in [-0.3, -0.25) is 0 Å². The molecule has 0 radical (unpaired) electrons. The largest absolute Gasteiger partial charge is 0.493 e. The molecule has 2 N–H and O–H groups in total. The standard InChI is InChI=1S/C9H11NOS/c1-2-11-8-6-4-3-5-7(8)9(10)12/h3-6H,2H2,1H3,(H2,10,12). The molecule has 0 aromatic heterocycles. The van der Waals surface area contributed by atoms with Gasteiger partial charge in [-0.15, -0.1) is 0 Å². The summed E-state index contributed by atoms with van der Waals surface area (Å²) in [4.78, 5) is 0.374. The van der Waals surface area contributed by atoms with Crippen molar-refractivity contribution < 1.29 is 4.74 Å². The fourth-order valence-electron chi connectivity index (χ4n) is 0.952. The Balaban J connectivity index is 3.00. The zero-order valence-corrected chi connectivity index (χ0v) is 7.73. The van der Waals surface area contributed by atoms with Crippen molar-refractivity contribution in [1.29, 1.82) is 0 Å². The van der Waals surface area contributed by atoms with Crippen molar-refractivity contribution in [2.24, 2.45) is 5.73 Å². The molecule has 0 aliphatic rings. The number of thiocarbonyl (C=S) groups is 1. The SMILES string of the molecule is CCOc1ccccc1C(N)=S. The van der Waals surface area contributed by atoms with Gasteiger partial charge in [0.15, 0.2) is 0 Å². The van der Waals surface area contributed by atoms with E-state index in [4.69, 9.17) is 22.7 Å². The maximum absolute atomic E-state index is 5.50. The number of rotatable bonds is 3. The summed E-state index contributed by atoms with van der Waals surface area (Å²) >= 11 is 4.86. The predicted molar refractivity (Wildman–Crippen MR) is 53.5 cm³/mol. The molecule has 0 heterocycles. The Labute approximate surface area is 77.3 Å². The zero-order chi connectivity index (χ0) is 8.97. The van der Waals surface area contributed by atoms with Gasteiger partial charge in [-0.2, -0.15) is 0 Å². The molecule has 0 saturated heterocycles. The van der Waals surface area contributed by atoms with Crippen molar-refractivity contribution in [3.05, 3.63) is 29.8 Å². The average molecular weight is 181 g/mol. The van der Waals surface area contributed by atoms with Gasteiger partial charge >= 0.3 is 0 Å². The van der Waals surface area contributed by atoms with Gasteiger partial charge in [0.1, 0.15) is 10.7 Å². The highest BCUT2D eigenvalue weighted by atomic mass is 32.1. The van der Waals surface area contributed by atoms with Crippen molar-refractivity contribution in [3.8, 4) is 5.75 Å². The lowest BCUT2D eigenvalue weighted by Gasteiger charge is -2.07. The highest BCUT2D eigenvalue weighted by molar-refractivity contribution is 7.80. The number of hydrogen-bond donors (Lipinski definition) is 1. The van der Waals surface area contributed by atoms with Crippen LogP contribution in [0.4, 0.5) is 0 Å². The minimum atomic E-state index is 0.374. The molecule has 0 unspecified atom stereocenters. The van der Waals surface area contributed by atoms with E-state index >= 15 is 0 Å². The molecular formula is C9H11NOS. The quantitative estimate of drug-likeness (QED) is 0.721. The second-order valence-electron chi connectivity index (χ2n) is 2.29. The van der Waals surface area contributed by atoms with Crippen molar-refractivity contribution in [2.75, 3.05) is 6.61 Å². The Morgan fingerprint density at radius 3 is 2.75 bits per heavy atom. The lowest BCUT2D eigenvalue weighted by atomic mass is 10.2. The number of hydrogen-bond acceptors (Lipinski definition) is 2. The summed E-state index contributed by atoms with van der Waals surface area (Å²) in [6.45, 7) is 2.55. The Hall–Kier alpha value is -1.09. The van der Waals surface area contributed by atoms with Crippen LogP contribution in [0.25, 0.3) is 0 Å². The van der Waals surface area contributed by atoms with Crippen LogP contribution in [-0.2, 0) is 0 Å². The Kier molecular flexibility index (Phi) is 3.05. The minimum absolute atomic E-state index is 0.374. The van der Waals surface area contributed by atoms with Gasteiger partial charge in [0, 0.05) is 0 Å². The van der Waals surface area contributed by atoms with E-state index in [2.05, 4.69) is 0 Å². The summed E-state index contributed by atoms with van der Waals surface area (Å²) in [5.41, 5.74) is 6.30. The van der Waals surface area contributed by atoms with Crippen molar-refractivity contribution in [1.82, 2.24) is 0 Å². The Morgan fingerprint density at radius 1 is 1.50 bits per heavy atom. The van der Waals surface area contributed by atoms with E-state index in [1.54, 1.807) is 0 Å². The molecule has 0 atom stereocenters. The van der Waals surface area contributed by atoms with E-state index in [1.165, 1.54) is 0 Å². The van der Waals surface area contributed by atoms with Crippen LogP contribution in [0.3, 0.4) is 0 Å². The molecule has 3 heteroatoms. The molecule has 0 fully saturated rings. The lowest BCUT2D eigenvalue weighted by molar-refractivity contribution is 0.339. The smallest absolute Gasteiger partial charge is 0.129 e. The zero-order valence-electron chi connectivity index (χ0n) is 6.91. The summed E-state index contributed by atoms with van der Waals surface area (Å²) in [5, 5.41) is 0. The number of para-hydroxylation sites is 1. The van der Waals surface area contributed by atoms with Gasteiger partial charge in [-0.1, -0.05) is 24.4 Å². The first-order valence-corrected chi connectivity index (χ1v) is 4.18. The van der Waals surface area contributed by atoms with Crippen LogP contribution < -0.4 is 10.5 Å². The lowest BCUT2D eigenvalue weighted by Crippen LogP contribution is -2.11. The van der Waals surface area contributed by atoms with E-state index in [-0.39, 0.29) is 0 Å². The molecule has 12 heavy (non-hydrogen) atoms. The molecule has 1 rings (SSSR count). The molecular weight excluding hydrogens is 170 g/mol. The monoisotopic (exact) mass is 181 g/mol. The molecule has 1 aromatic rings. The molecule has 0 amide bonds. The topological polar surface area (TPSA) is 35.2 Å². The second-order valence-corrected chi connectivity index (χ2v) is 2.73. The third-order valence-corrected chi connectivity index (χ3v) is 1.67. The van der Waals surface area contributed by atoms with E-state index < -0.39 is 0 Å². The highest BCUT2D eigenvalue weighted by Crippen LogP contribution is 2.17. The molecule has 0 bridgehead atoms. The molecule has 0 aliphatic carbocycles. The van der Waals surface area contributed by atoms with Crippen LogP contribution in [0.5, 0.6) is 5.75 Å². The predicted octanol–water partition coefficient (Wildman–Crippen LogP) is 1.72. The summed E-state index contributed by atoms with van der Waals surface area (Å²) in [5.74, 6) is 0.757. The molecule has 2 nitrogen and oxygen atoms in total. The Morgan fingerprint density at radius 2 is 2.17 bits per heavy atom. The molecule has 0 spiro atoms. The number of nitrogens with two attached hydrogens (primary N) is 1. The molecule has 0 saturated carbocycles. The van der Waals surface area contributed by atoms with Crippen LogP contribution in [0, 0.1) is 0 Å². The minimum Gasteiger partial charge on any atom is -0.493 e. The van der Waals surface area contributed by atoms with Crippen LogP contribution >= 0.6 is 12.2 Å². The van der Waals surface area contributed by atoms with E-state index in [1.807, 2.05) is 31.2 Å². The molecule has 0 aliphatic heterocycles. The van der Waals surface area contributed by atoms with Crippen molar-refractivity contribution >= 4 is 17.2 Å². The second kappa shape index (κ2) is 4.07. The summed E-state index contributed by atoms with van der Waals surface area (Å²) in [6.07, 6.45) is 0. The van der Waals surface area contributed by atoms with E-state index in [0.717, 1.165) is 11.3 Å². The van der Waals surface area contributed by atoms with Gasteiger partial charge in [0.05, 0.1) is 12.2 Å². The van der Waals surface area contributed by atoms with Gasteiger partial charge in [-0.25, -0.2) is 0 Å². The van der Waals surface area contributed by atoms with Crippen molar-refractivity contribution in [2.45, 2.75) is 6.92 Å². The summed E-state index contributed by atoms with van der Waals surface area (Å²) in [6, 6.07) is 7.50. The van der Waals surface area contributed by atoms with Crippen LogP contribution in [0.2, 0.25) is 0 Å². The fourth-order valence-corrected chi connectivity index (χ4v) is 1.12. The fraction of sp³-hybridized carbons (Fsp3) is 0.222. The molecule has 1 aromatic carbocycles. The van der Waals surface area contributed by atoms with Gasteiger partial charge < -0.3 is 10.5 Å². The number of ether oxygens (including phenoxy) is 1. The van der Waals surface area contributed by atoms with Crippen LogP contribution in [0.15, 0.2) is 24.3 Å². The summed E-state index contributed by atoms with van der Waals surface area (Å²) in [7, 11) is 0. The Bertz CT molecular complexity index is 286. The van der Waals surface area contributed by atoms with Crippen molar-refractivity contribution in [3.63, 3.8) is 0 Å². The van der Waals surface area contributed by atoms with E-state index in [0.29, 0.717) is 11.6 Å². The average Bonchev–Trinajstić information content (AvgIpc) is 2.05. The maximum atomic E-state index is 5.50. The first-order chi connectivity index (χ1) is 5.75. The van der Waals surface area contributed by atoms with Crippen LogP contribution in [-0.4, -0.2) is 11.6 Å². The van der Waals surface area contributed by atoms with Crippen LogP contribution in [0.1, 0.15) is 12.5 Å². The van der Waals surface area contributed by atoms with Gasteiger partial charge in [0.25, 0.3) is 0 Å². The first-order valence-electron chi connectivity index (χ1n) is 3.77.